The zero-order valence-corrected chi connectivity index (χ0v) is 18.1. The van der Waals surface area contributed by atoms with Crippen molar-refractivity contribution in [2.24, 2.45) is 4.99 Å². The fourth-order valence-electron chi connectivity index (χ4n) is 2.89. The Bertz CT molecular complexity index is 1060. The van der Waals surface area contributed by atoms with E-state index >= 15 is 0 Å². The third-order valence-electron chi connectivity index (χ3n) is 4.63. The summed E-state index contributed by atoms with van der Waals surface area (Å²) in [7, 11) is 3.08. The highest BCUT2D eigenvalue weighted by molar-refractivity contribution is 6.10. The monoisotopic (exact) mass is 418 g/mol. The van der Waals surface area contributed by atoms with Gasteiger partial charge in [-0.15, -0.1) is 0 Å². The summed E-state index contributed by atoms with van der Waals surface area (Å²) in [5.74, 6) is 1.06. The number of pyridine rings is 1. The Hall–Kier alpha value is -3.87. The van der Waals surface area contributed by atoms with Crippen molar-refractivity contribution in [1.29, 1.82) is 0 Å². The molecule has 0 bridgehead atoms. The number of aryl methyl sites for hydroxylation is 2. The number of carbonyl (C=O) groups excluding carboxylic acids is 1. The van der Waals surface area contributed by atoms with Gasteiger partial charge in [-0.05, 0) is 54.8 Å². The van der Waals surface area contributed by atoms with Crippen molar-refractivity contribution < 1.29 is 14.3 Å². The van der Waals surface area contributed by atoms with Crippen LogP contribution in [-0.4, -0.2) is 31.1 Å². The lowest BCUT2D eigenvalue weighted by atomic mass is 10.1. The van der Waals surface area contributed by atoms with E-state index in [0.717, 1.165) is 22.4 Å². The Kier molecular flexibility index (Phi) is 7.22. The number of rotatable bonds is 6. The lowest BCUT2D eigenvalue weighted by molar-refractivity contribution is 0.0976. The highest BCUT2D eigenvalue weighted by Gasteiger charge is 2.13. The number of anilines is 1. The van der Waals surface area contributed by atoms with Crippen molar-refractivity contribution >= 4 is 17.6 Å². The highest BCUT2D eigenvalue weighted by Crippen LogP contribution is 2.22. The summed E-state index contributed by atoms with van der Waals surface area (Å²) in [5.41, 5.74) is 4.34. The van der Waals surface area contributed by atoms with Gasteiger partial charge in [0.15, 0.2) is 0 Å². The maximum absolute atomic E-state index is 13.0. The predicted octanol–water partition coefficient (Wildman–Crippen LogP) is 4.11. The zero-order chi connectivity index (χ0) is 22.2. The molecule has 0 saturated heterocycles. The molecule has 160 valence electrons. The largest absolute Gasteiger partial charge is 0.497 e. The summed E-state index contributed by atoms with van der Waals surface area (Å²) in [5, 5.41) is 6.12. The molecular formula is C24H26N4O3. The first-order chi connectivity index (χ1) is 15.0. The molecule has 7 nitrogen and oxygen atoms in total. The molecule has 1 aromatic heterocycles. The van der Waals surface area contributed by atoms with Crippen molar-refractivity contribution in [1.82, 2.24) is 10.3 Å². The Morgan fingerprint density at radius 1 is 1.03 bits per heavy atom. The van der Waals surface area contributed by atoms with Crippen LogP contribution >= 0.6 is 0 Å². The van der Waals surface area contributed by atoms with Crippen molar-refractivity contribution in [3.8, 4) is 11.5 Å². The van der Waals surface area contributed by atoms with Crippen LogP contribution in [0.5, 0.6) is 11.5 Å². The molecule has 31 heavy (non-hydrogen) atoms. The van der Waals surface area contributed by atoms with E-state index in [1.54, 1.807) is 44.8 Å². The molecule has 7 heteroatoms. The Balaban J connectivity index is 1.88. The molecule has 0 unspecified atom stereocenters. The van der Waals surface area contributed by atoms with E-state index in [4.69, 9.17) is 9.47 Å². The number of hydrogen-bond donors (Lipinski definition) is 2. The van der Waals surface area contributed by atoms with Gasteiger partial charge in [0.05, 0.1) is 20.8 Å². The molecule has 0 radical (unpaired) electrons. The Labute approximate surface area is 182 Å². The summed E-state index contributed by atoms with van der Waals surface area (Å²) in [6, 6.07) is 14.9. The molecule has 0 saturated carbocycles. The van der Waals surface area contributed by atoms with Gasteiger partial charge in [0.2, 0.25) is 5.96 Å². The number of amides is 1. The van der Waals surface area contributed by atoms with E-state index in [1.165, 1.54) is 0 Å². The molecule has 0 aliphatic heterocycles. The number of aliphatic imine (C=N–C) groups is 1. The van der Waals surface area contributed by atoms with E-state index in [1.807, 2.05) is 44.2 Å². The number of nitrogens with one attached hydrogen (secondary N) is 2. The summed E-state index contributed by atoms with van der Waals surface area (Å²) in [6.07, 6.45) is 3.45. The summed E-state index contributed by atoms with van der Waals surface area (Å²) >= 11 is 0. The van der Waals surface area contributed by atoms with Crippen LogP contribution < -0.4 is 20.1 Å². The number of nitrogens with zero attached hydrogens (tertiary/aromatic N) is 2. The van der Waals surface area contributed by atoms with Crippen molar-refractivity contribution in [2.75, 3.05) is 19.5 Å². The molecule has 0 spiro atoms. The van der Waals surface area contributed by atoms with Crippen molar-refractivity contribution in [2.45, 2.75) is 20.4 Å². The topological polar surface area (TPSA) is 84.8 Å². The zero-order valence-electron chi connectivity index (χ0n) is 18.1. The molecule has 2 N–H and O–H groups in total. The van der Waals surface area contributed by atoms with Crippen LogP contribution in [0.2, 0.25) is 0 Å². The average molecular weight is 418 g/mol. The van der Waals surface area contributed by atoms with E-state index in [-0.39, 0.29) is 5.91 Å². The van der Waals surface area contributed by atoms with Gasteiger partial charge < -0.3 is 14.8 Å². The molecule has 1 heterocycles. The molecule has 1 amide bonds. The summed E-state index contributed by atoms with van der Waals surface area (Å²) in [6.45, 7) is 4.37. The second-order valence-corrected chi connectivity index (χ2v) is 7.02. The van der Waals surface area contributed by atoms with Gasteiger partial charge >= 0.3 is 0 Å². The van der Waals surface area contributed by atoms with Crippen LogP contribution in [0.15, 0.2) is 65.9 Å². The number of ether oxygens (including phenoxy) is 2. The van der Waals surface area contributed by atoms with Crippen molar-refractivity contribution in [3.63, 3.8) is 0 Å². The molecule has 0 fully saturated rings. The quantitative estimate of drug-likeness (QED) is 0.465. The first kappa shape index (κ1) is 21.8. The van der Waals surface area contributed by atoms with E-state index in [2.05, 4.69) is 20.6 Å². The van der Waals surface area contributed by atoms with Gasteiger partial charge in [-0.1, -0.05) is 18.2 Å². The van der Waals surface area contributed by atoms with Gasteiger partial charge in [-0.2, -0.15) is 0 Å². The van der Waals surface area contributed by atoms with Crippen LogP contribution in [-0.2, 0) is 6.54 Å². The molecule has 3 rings (SSSR count). The maximum Gasteiger partial charge on any atom is 0.258 e. The number of hydrogen-bond acceptors (Lipinski definition) is 5. The third-order valence-corrected chi connectivity index (χ3v) is 4.63. The predicted molar refractivity (Wildman–Crippen MR) is 122 cm³/mol. The first-order valence-electron chi connectivity index (χ1n) is 9.80. The van der Waals surface area contributed by atoms with Crippen LogP contribution in [0.1, 0.15) is 27.0 Å². The minimum Gasteiger partial charge on any atom is -0.497 e. The lowest BCUT2D eigenvalue weighted by Crippen LogP contribution is -2.36. The first-order valence-corrected chi connectivity index (χ1v) is 9.80. The lowest BCUT2D eigenvalue weighted by Gasteiger charge is -2.15. The molecule has 3 aromatic rings. The molecule has 0 aliphatic carbocycles. The second kappa shape index (κ2) is 10.2. The Morgan fingerprint density at radius 3 is 2.42 bits per heavy atom. The normalized spacial score (nSPS) is 11.0. The number of methoxy groups -OCH3 is 2. The molecule has 0 aliphatic rings. The maximum atomic E-state index is 13.0. The van der Waals surface area contributed by atoms with E-state index in [9.17, 15) is 4.79 Å². The van der Waals surface area contributed by atoms with E-state index < -0.39 is 0 Å². The van der Waals surface area contributed by atoms with Crippen LogP contribution in [0.25, 0.3) is 0 Å². The Morgan fingerprint density at radius 2 is 1.77 bits per heavy atom. The SMILES string of the molecule is COc1cc(OC)cc(C(=O)NC(=NCc2cccnc2)Nc2cc(C)ccc2C)c1. The highest BCUT2D eigenvalue weighted by atomic mass is 16.5. The minimum atomic E-state index is -0.333. The number of aromatic nitrogens is 1. The fraction of sp³-hybridized carbons (Fsp3) is 0.208. The summed E-state index contributed by atoms with van der Waals surface area (Å²) < 4.78 is 10.5. The summed E-state index contributed by atoms with van der Waals surface area (Å²) in [4.78, 5) is 21.7. The smallest absolute Gasteiger partial charge is 0.258 e. The van der Waals surface area contributed by atoms with Gasteiger partial charge in [-0.25, -0.2) is 4.99 Å². The second-order valence-electron chi connectivity index (χ2n) is 7.02. The molecule has 0 atom stereocenters. The number of guanidine groups is 1. The van der Waals surface area contributed by atoms with Crippen LogP contribution in [0, 0.1) is 13.8 Å². The molecular weight excluding hydrogens is 392 g/mol. The number of benzene rings is 2. The minimum absolute atomic E-state index is 0.333. The number of carbonyl (C=O) groups is 1. The van der Waals surface area contributed by atoms with Gasteiger partial charge in [0, 0.05) is 29.7 Å². The third kappa shape index (κ3) is 6.05. The molecule has 2 aromatic carbocycles. The van der Waals surface area contributed by atoms with Crippen LogP contribution in [0.4, 0.5) is 5.69 Å². The van der Waals surface area contributed by atoms with Gasteiger partial charge in [-0.3, -0.25) is 15.1 Å². The van der Waals surface area contributed by atoms with Gasteiger partial charge in [0.1, 0.15) is 11.5 Å². The van der Waals surface area contributed by atoms with Crippen molar-refractivity contribution in [3.05, 3.63) is 83.2 Å². The average Bonchev–Trinajstić information content (AvgIpc) is 2.80. The van der Waals surface area contributed by atoms with Crippen LogP contribution in [0.3, 0.4) is 0 Å². The van der Waals surface area contributed by atoms with E-state index in [0.29, 0.717) is 29.6 Å². The standard InChI is InChI=1S/C24H26N4O3/c1-16-7-8-17(2)22(10-16)27-24(26-15-18-6-5-9-25-14-18)28-23(29)19-11-20(30-3)13-21(12-19)31-4/h5-14H,15H2,1-4H3,(H2,26,27,28,29). The van der Waals surface area contributed by atoms with Gasteiger partial charge in [0.25, 0.3) is 5.91 Å². The fourth-order valence-corrected chi connectivity index (χ4v) is 2.89.